The van der Waals surface area contributed by atoms with Crippen molar-refractivity contribution in [3.05, 3.63) is 11.4 Å². The average Bonchev–Trinajstić information content (AvgIpc) is 3.20. The van der Waals surface area contributed by atoms with E-state index in [0.29, 0.717) is 43.7 Å². The monoisotopic (exact) mass is 398 g/mol. The summed E-state index contributed by atoms with van der Waals surface area (Å²) < 4.78 is 29.4. The second kappa shape index (κ2) is 6.59. The summed E-state index contributed by atoms with van der Waals surface area (Å²) in [4.78, 5) is 25.6. The van der Waals surface area contributed by atoms with Crippen LogP contribution < -0.4 is 4.72 Å². The largest absolute Gasteiger partial charge is 0.481 e. The van der Waals surface area contributed by atoms with Crippen LogP contribution in [0, 0.1) is 25.2 Å². The molecule has 9 nitrogen and oxygen atoms in total. The molecule has 2 heterocycles. The molecule has 0 bridgehead atoms. The quantitative estimate of drug-likeness (QED) is 0.741. The lowest BCUT2D eigenvalue weighted by atomic mass is 9.90. The molecule has 10 heteroatoms. The maximum atomic E-state index is 12.7. The van der Waals surface area contributed by atoms with E-state index in [1.807, 2.05) is 0 Å². The van der Waals surface area contributed by atoms with E-state index in [2.05, 4.69) is 9.82 Å². The van der Waals surface area contributed by atoms with Gasteiger partial charge in [0, 0.05) is 20.1 Å². The molecule has 1 amide bonds. The van der Waals surface area contributed by atoms with Crippen molar-refractivity contribution in [1.29, 1.82) is 0 Å². The highest BCUT2D eigenvalue weighted by Crippen LogP contribution is 2.59. The molecule has 1 spiro atoms. The van der Waals surface area contributed by atoms with Gasteiger partial charge in [0.25, 0.3) is 0 Å². The Morgan fingerprint density at radius 3 is 2.33 bits per heavy atom. The van der Waals surface area contributed by atoms with Gasteiger partial charge in [0.15, 0.2) is 0 Å². The summed E-state index contributed by atoms with van der Waals surface area (Å²) in [5.74, 6) is -1.36. The van der Waals surface area contributed by atoms with Gasteiger partial charge in [-0.2, -0.15) is 9.82 Å². The molecular weight excluding hydrogens is 372 g/mol. The number of rotatable bonds is 5. The third kappa shape index (κ3) is 3.47. The molecule has 27 heavy (non-hydrogen) atoms. The van der Waals surface area contributed by atoms with Crippen molar-refractivity contribution in [2.75, 3.05) is 13.1 Å². The second-order valence-electron chi connectivity index (χ2n) is 7.75. The zero-order chi connectivity index (χ0) is 20.1. The maximum absolute atomic E-state index is 12.7. The van der Waals surface area contributed by atoms with E-state index >= 15 is 0 Å². The third-order valence-corrected chi connectivity index (χ3v) is 7.76. The Labute approximate surface area is 158 Å². The summed E-state index contributed by atoms with van der Waals surface area (Å²) >= 11 is 0. The maximum Gasteiger partial charge on any atom is 0.307 e. The molecule has 1 saturated heterocycles. The predicted molar refractivity (Wildman–Crippen MR) is 96.5 cm³/mol. The standard InChI is InChI=1S/C17H26N4O5S/c1-10-14(12(3)20(4)18-10)27(25,26)19-11(2)15(22)21-7-5-17(6-8-21)9-13(17)16(23)24/h11,13,19H,5-9H2,1-4H3,(H,23,24). The van der Waals surface area contributed by atoms with E-state index in [-0.39, 0.29) is 22.1 Å². The Hall–Kier alpha value is -1.94. The molecule has 0 radical (unpaired) electrons. The molecule has 0 aromatic carbocycles. The number of carbonyl (C=O) groups is 2. The highest BCUT2D eigenvalue weighted by molar-refractivity contribution is 7.89. The van der Waals surface area contributed by atoms with Gasteiger partial charge >= 0.3 is 5.97 Å². The first-order valence-corrected chi connectivity index (χ1v) is 10.5. The number of carbonyl (C=O) groups excluding carboxylic acids is 1. The van der Waals surface area contributed by atoms with Gasteiger partial charge in [-0.3, -0.25) is 14.3 Å². The molecular formula is C17H26N4O5S. The van der Waals surface area contributed by atoms with Crippen LogP contribution in [0.2, 0.25) is 0 Å². The molecule has 2 fully saturated rings. The Morgan fingerprint density at radius 1 is 1.30 bits per heavy atom. The average molecular weight is 398 g/mol. The van der Waals surface area contributed by atoms with Crippen LogP contribution in [0.15, 0.2) is 4.90 Å². The molecule has 2 aliphatic rings. The van der Waals surface area contributed by atoms with Gasteiger partial charge in [-0.05, 0) is 45.4 Å². The van der Waals surface area contributed by atoms with Crippen LogP contribution >= 0.6 is 0 Å². The lowest BCUT2D eigenvalue weighted by molar-refractivity contribution is -0.140. The van der Waals surface area contributed by atoms with Crippen molar-refractivity contribution in [2.24, 2.45) is 18.4 Å². The van der Waals surface area contributed by atoms with Crippen LogP contribution in [0.1, 0.15) is 37.6 Å². The fourth-order valence-corrected chi connectivity index (χ4v) is 5.82. The molecule has 2 N–H and O–H groups in total. The van der Waals surface area contributed by atoms with Crippen LogP contribution in [-0.4, -0.2) is 59.2 Å². The van der Waals surface area contributed by atoms with Crippen LogP contribution in [-0.2, 0) is 26.7 Å². The summed E-state index contributed by atoms with van der Waals surface area (Å²) in [7, 11) is -2.20. The number of aliphatic carboxylic acids is 1. The van der Waals surface area contributed by atoms with Gasteiger partial charge in [0.05, 0.1) is 23.3 Å². The molecule has 2 atom stereocenters. The zero-order valence-electron chi connectivity index (χ0n) is 16.0. The number of carboxylic acids is 1. The minimum absolute atomic E-state index is 0.101. The Kier molecular flexibility index (Phi) is 4.84. The number of nitrogens with zero attached hydrogens (tertiary/aromatic N) is 3. The molecule has 3 rings (SSSR count). The summed E-state index contributed by atoms with van der Waals surface area (Å²) in [6.45, 7) is 5.73. The summed E-state index contributed by atoms with van der Waals surface area (Å²) in [5, 5.41) is 13.3. The van der Waals surface area contributed by atoms with Crippen molar-refractivity contribution in [2.45, 2.75) is 51.0 Å². The van der Waals surface area contributed by atoms with E-state index < -0.39 is 22.0 Å². The van der Waals surface area contributed by atoms with Crippen molar-refractivity contribution in [3.8, 4) is 0 Å². The number of nitrogens with one attached hydrogen (secondary N) is 1. The van der Waals surface area contributed by atoms with E-state index in [4.69, 9.17) is 5.11 Å². The number of likely N-dealkylation sites (tertiary alicyclic amines) is 1. The lowest BCUT2D eigenvalue weighted by Gasteiger charge is -2.34. The summed E-state index contributed by atoms with van der Waals surface area (Å²) in [6, 6.07) is -0.905. The van der Waals surface area contributed by atoms with Crippen LogP contribution in [0.5, 0.6) is 0 Å². The van der Waals surface area contributed by atoms with Crippen molar-refractivity contribution >= 4 is 21.9 Å². The highest BCUT2D eigenvalue weighted by atomic mass is 32.2. The molecule has 150 valence electrons. The number of amides is 1. The van der Waals surface area contributed by atoms with Crippen LogP contribution in [0.4, 0.5) is 0 Å². The van der Waals surface area contributed by atoms with Crippen molar-refractivity contribution in [1.82, 2.24) is 19.4 Å². The molecule has 1 aliphatic carbocycles. The van der Waals surface area contributed by atoms with E-state index in [9.17, 15) is 18.0 Å². The number of hydrogen-bond acceptors (Lipinski definition) is 5. The minimum atomic E-state index is -3.87. The van der Waals surface area contributed by atoms with Crippen molar-refractivity contribution < 1.29 is 23.1 Å². The minimum Gasteiger partial charge on any atom is -0.481 e. The normalized spacial score (nSPS) is 22.7. The molecule has 1 aromatic rings. The van der Waals surface area contributed by atoms with Gasteiger partial charge in [0.2, 0.25) is 15.9 Å². The number of sulfonamides is 1. The van der Waals surface area contributed by atoms with Crippen LogP contribution in [0.25, 0.3) is 0 Å². The third-order valence-electron chi connectivity index (χ3n) is 5.97. The van der Waals surface area contributed by atoms with E-state index in [1.54, 1.807) is 25.8 Å². The number of piperidine rings is 1. The van der Waals surface area contributed by atoms with Gasteiger partial charge < -0.3 is 10.0 Å². The summed E-state index contributed by atoms with van der Waals surface area (Å²) in [6.07, 6.45) is 1.97. The second-order valence-corrected chi connectivity index (χ2v) is 9.40. The molecule has 2 unspecified atom stereocenters. The number of aryl methyl sites for hydroxylation is 2. The van der Waals surface area contributed by atoms with Crippen molar-refractivity contribution in [3.63, 3.8) is 0 Å². The first-order valence-electron chi connectivity index (χ1n) is 9.02. The summed E-state index contributed by atoms with van der Waals surface area (Å²) in [5.41, 5.74) is 0.721. The highest BCUT2D eigenvalue weighted by Gasteiger charge is 2.59. The van der Waals surface area contributed by atoms with Gasteiger partial charge in [0.1, 0.15) is 4.90 Å². The van der Waals surface area contributed by atoms with E-state index in [0.717, 1.165) is 0 Å². The fraction of sp³-hybridized carbons (Fsp3) is 0.706. The molecule has 1 aromatic heterocycles. The Bertz CT molecular complexity index is 883. The van der Waals surface area contributed by atoms with Gasteiger partial charge in [-0.25, -0.2) is 8.42 Å². The van der Waals surface area contributed by atoms with Gasteiger partial charge in [-0.15, -0.1) is 0 Å². The topological polar surface area (TPSA) is 122 Å². The molecule has 1 saturated carbocycles. The van der Waals surface area contributed by atoms with Gasteiger partial charge in [-0.1, -0.05) is 0 Å². The Morgan fingerprint density at radius 2 is 1.89 bits per heavy atom. The zero-order valence-corrected chi connectivity index (χ0v) is 16.8. The smallest absolute Gasteiger partial charge is 0.307 e. The Balaban J connectivity index is 1.64. The van der Waals surface area contributed by atoms with Crippen LogP contribution in [0.3, 0.4) is 0 Å². The number of hydrogen-bond donors (Lipinski definition) is 2. The first kappa shape index (κ1) is 19.8. The fourth-order valence-electron chi connectivity index (χ4n) is 4.18. The predicted octanol–water partition coefficient (Wildman–Crippen LogP) is 0.417. The molecule has 1 aliphatic heterocycles. The SMILES string of the molecule is Cc1nn(C)c(C)c1S(=O)(=O)NC(C)C(=O)N1CCC2(CC1)CC2C(=O)O. The number of aromatic nitrogens is 2. The number of carboxylic acid groups (broad SMARTS) is 1. The first-order chi connectivity index (χ1) is 12.5. The van der Waals surface area contributed by atoms with E-state index in [1.165, 1.54) is 11.6 Å². The lowest BCUT2D eigenvalue weighted by Crippen LogP contribution is -2.49.